The number of esters is 1. The predicted molar refractivity (Wildman–Crippen MR) is 77.0 cm³/mol. The van der Waals surface area contributed by atoms with Crippen molar-refractivity contribution in [2.45, 2.75) is 0 Å². The van der Waals surface area contributed by atoms with Crippen LogP contribution in [0.25, 0.3) is 10.6 Å². The van der Waals surface area contributed by atoms with E-state index in [1.807, 2.05) is 0 Å². The van der Waals surface area contributed by atoms with Gasteiger partial charge in [-0.3, -0.25) is 0 Å². The molecule has 0 amide bonds. The van der Waals surface area contributed by atoms with Gasteiger partial charge in [-0.05, 0) is 12.1 Å². The van der Waals surface area contributed by atoms with Gasteiger partial charge in [-0.2, -0.15) is 0 Å². The van der Waals surface area contributed by atoms with Crippen LogP contribution in [-0.2, 0) is 4.74 Å². The maximum absolute atomic E-state index is 11.4. The first-order valence-corrected chi connectivity index (χ1v) is 6.82. The molecule has 1 aromatic heterocycles. The number of ether oxygens (including phenoxy) is 3. The van der Waals surface area contributed by atoms with Crippen molar-refractivity contribution in [2.24, 2.45) is 0 Å². The molecule has 0 spiro atoms. The Kier molecular flexibility index (Phi) is 4.46. The van der Waals surface area contributed by atoms with Gasteiger partial charge in [-0.15, -0.1) is 11.3 Å². The Hall–Kier alpha value is -1.79. The Morgan fingerprint density at radius 3 is 2.60 bits per heavy atom. The van der Waals surface area contributed by atoms with Gasteiger partial charge >= 0.3 is 5.97 Å². The summed E-state index contributed by atoms with van der Waals surface area (Å²) in [5.41, 5.74) is 1.01. The van der Waals surface area contributed by atoms with Crippen LogP contribution in [0.3, 0.4) is 0 Å². The van der Waals surface area contributed by atoms with E-state index in [-0.39, 0.29) is 5.69 Å². The molecule has 5 nitrogen and oxygen atoms in total. The summed E-state index contributed by atoms with van der Waals surface area (Å²) in [7, 11) is 4.36. The van der Waals surface area contributed by atoms with Crippen molar-refractivity contribution >= 4 is 28.9 Å². The molecule has 2 aromatic rings. The zero-order chi connectivity index (χ0) is 14.7. The molecule has 0 saturated heterocycles. The highest BCUT2D eigenvalue weighted by Crippen LogP contribution is 2.39. The number of carbonyl (C=O) groups is 1. The molecule has 1 heterocycles. The highest BCUT2D eigenvalue weighted by atomic mass is 35.5. The van der Waals surface area contributed by atoms with E-state index >= 15 is 0 Å². The van der Waals surface area contributed by atoms with Crippen LogP contribution >= 0.6 is 22.9 Å². The van der Waals surface area contributed by atoms with Crippen LogP contribution in [0.2, 0.25) is 5.02 Å². The summed E-state index contributed by atoms with van der Waals surface area (Å²) in [5.74, 6) is 0.492. The number of hydrogen-bond donors (Lipinski definition) is 0. The highest BCUT2D eigenvalue weighted by molar-refractivity contribution is 7.13. The van der Waals surface area contributed by atoms with Crippen molar-refractivity contribution in [3.8, 4) is 22.1 Å². The van der Waals surface area contributed by atoms with Crippen molar-refractivity contribution in [3.05, 3.63) is 28.2 Å². The zero-order valence-corrected chi connectivity index (χ0v) is 12.7. The number of thiazole rings is 1. The molecule has 0 aliphatic heterocycles. The number of halogens is 1. The van der Waals surface area contributed by atoms with E-state index in [2.05, 4.69) is 9.72 Å². The van der Waals surface area contributed by atoms with Crippen molar-refractivity contribution in [2.75, 3.05) is 21.3 Å². The third-order valence-electron chi connectivity index (χ3n) is 2.58. The molecule has 0 saturated carbocycles. The van der Waals surface area contributed by atoms with E-state index in [1.165, 1.54) is 32.7 Å². The molecule has 2 rings (SSSR count). The van der Waals surface area contributed by atoms with Crippen LogP contribution in [-0.4, -0.2) is 32.3 Å². The van der Waals surface area contributed by atoms with E-state index < -0.39 is 5.97 Å². The van der Waals surface area contributed by atoms with Crippen LogP contribution in [0, 0.1) is 0 Å². The molecular weight excluding hydrogens is 302 g/mol. The van der Waals surface area contributed by atoms with Crippen molar-refractivity contribution in [1.82, 2.24) is 4.98 Å². The van der Waals surface area contributed by atoms with E-state index in [1.54, 1.807) is 17.5 Å². The first kappa shape index (κ1) is 14.6. The van der Waals surface area contributed by atoms with Crippen molar-refractivity contribution < 1.29 is 19.0 Å². The first-order valence-electron chi connectivity index (χ1n) is 5.56. The van der Waals surface area contributed by atoms with Gasteiger partial charge in [0.1, 0.15) is 5.01 Å². The minimum Gasteiger partial charge on any atom is -0.493 e. The molecule has 0 N–H and O–H groups in total. The second kappa shape index (κ2) is 6.11. The number of benzene rings is 1. The Balaban J connectivity index is 2.45. The lowest BCUT2D eigenvalue weighted by Gasteiger charge is -2.10. The SMILES string of the molecule is COC(=O)c1csc(-c2cc(Cl)c(OC)c(OC)c2)n1. The van der Waals surface area contributed by atoms with Crippen LogP contribution in [0.15, 0.2) is 17.5 Å². The third-order valence-corrected chi connectivity index (χ3v) is 3.75. The first-order chi connectivity index (χ1) is 9.60. The minimum absolute atomic E-state index is 0.262. The normalized spacial score (nSPS) is 10.2. The van der Waals surface area contributed by atoms with Gasteiger partial charge in [0.05, 0.1) is 26.4 Å². The molecule has 0 aliphatic carbocycles. The molecule has 20 heavy (non-hydrogen) atoms. The monoisotopic (exact) mass is 313 g/mol. The summed E-state index contributed by atoms with van der Waals surface area (Å²) in [4.78, 5) is 15.6. The fraction of sp³-hybridized carbons (Fsp3) is 0.231. The highest BCUT2D eigenvalue weighted by Gasteiger charge is 2.16. The number of nitrogens with zero attached hydrogens (tertiary/aromatic N) is 1. The summed E-state index contributed by atoms with van der Waals surface area (Å²) in [6.45, 7) is 0. The van der Waals surface area contributed by atoms with Crippen LogP contribution in [0.1, 0.15) is 10.5 Å². The van der Waals surface area contributed by atoms with Crippen molar-refractivity contribution in [3.63, 3.8) is 0 Å². The number of methoxy groups -OCH3 is 3. The molecular formula is C13H12ClNO4S. The molecule has 0 radical (unpaired) electrons. The molecule has 0 fully saturated rings. The molecule has 0 bridgehead atoms. The standard InChI is InChI=1S/C13H12ClNO4S/c1-17-10-5-7(4-8(14)11(10)18-2)12-15-9(6-20-12)13(16)19-3/h4-6H,1-3H3. The zero-order valence-electron chi connectivity index (χ0n) is 11.1. The lowest BCUT2D eigenvalue weighted by atomic mass is 10.2. The molecule has 0 unspecified atom stereocenters. The van der Waals surface area contributed by atoms with Gasteiger partial charge in [-0.25, -0.2) is 9.78 Å². The van der Waals surface area contributed by atoms with Gasteiger partial charge in [0.2, 0.25) is 0 Å². The van der Waals surface area contributed by atoms with E-state index in [0.717, 1.165) is 5.56 Å². The van der Waals surface area contributed by atoms with E-state index in [0.29, 0.717) is 21.5 Å². The number of aromatic nitrogens is 1. The van der Waals surface area contributed by atoms with Crippen molar-refractivity contribution in [1.29, 1.82) is 0 Å². The predicted octanol–water partition coefficient (Wildman–Crippen LogP) is 3.27. The Morgan fingerprint density at radius 2 is 2.00 bits per heavy atom. The van der Waals surface area contributed by atoms with Gasteiger partial charge in [0.15, 0.2) is 17.2 Å². The molecule has 7 heteroatoms. The topological polar surface area (TPSA) is 57.7 Å². The average Bonchev–Trinajstić information content (AvgIpc) is 2.95. The summed E-state index contributed by atoms with van der Waals surface area (Å²) in [6.07, 6.45) is 0. The van der Waals surface area contributed by atoms with E-state index in [4.69, 9.17) is 21.1 Å². The molecule has 0 atom stereocenters. The fourth-order valence-electron chi connectivity index (χ4n) is 1.65. The largest absolute Gasteiger partial charge is 0.493 e. The Bertz CT molecular complexity index is 641. The quantitative estimate of drug-likeness (QED) is 0.811. The lowest BCUT2D eigenvalue weighted by Crippen LogP contribution is -2.01. The average molecular weight is 314 g/mol. The third kappa shape index (κ3) is 2.71. The minimum atomic E-state index is -0.473. The van der Waals surface area contributed by atoms with Gasteiger partial charge in [0, 0.05) is 10.9 Å². The summed E-state index contributed by atoms with van der Waals surface area (Å²) in [6, 6.07) is 3.47. The lowest BCUT2D eigenvalue weighted by molar-refractivity contribution is 0.0595. The maximum atomic E-state index is 11.4. The van der Waals surface area contributed by atoms with Gasteiger partial charge < -0.3 is 14.2 Å². The molecule has 1 aromatic carbocycles. The maximum Gasteiger partial charge on any atom is 0.357 e. The second-order valence-electron chi connectivity index (χ2n) is 3.72. The van der Waals surface area contributed by atoms with Crippen LogP contribution in [0.5, 0.6) is 11.5 Å². The van der Waals surface area contributed by atoms with Gasteiger partial charge in [0.25, 0.3) is 0 Å². The fourth-order valence-corrected chi connectivity index (χ4v) is 2.71. The van der Waals surface area contributed by atoms with Gasteiger partial charge in [-0.1, -0.05) is 11.6 Å². The van der Waals surface area contributed by atoms with E-state index in [9.17, 15) is 4.79 Å². The second-order valence-corrected chi connectivity index (χ2v) is 4.99. The summed E-state index contributed by atoms with van der Waals surface area (Å²) < 4.78 is 15.0. The Morgan fingerprint density at radius 1 is 1.25 bits per heavy atom. The Labute approximate surface area is 125 Å². The van der Waals surface area contributed by atoms with Crippen LogP contribution < -0.4 is 9.47 Å². The number of carbonyl (C=O) groups excluding carboxylic acids is 1. The van der Waals surface area contributed by atoms with Crippen LogP contribution in [0.4, 0.5) is 0 Å². The summed E-state index contributed by atoms with van der Waals surface area (Å²) in [5, 5.41) is 2.69. The number of hydrogen-bond acceptors (Lipinski definition) is 6. The smallest absolute Gasteiger partial charge is 0.357 e. The molecule has 106 valence electrons. The summed E-state index contributed by atoms with van der Waals surface area (Å²) >= 11 is 7.46. The molecule has 0 aliphatic rings. The number of rotatable bonds is 4.